The van der Waals surface area contributed by atoms with Crippen LogP contribution in [0.2, 0.25) is 0 Å². The number of H-pyrrole nitrogens is 1. The summed E-state index contributed by atoms with van der Waals surface area (Å²) in [7, 11) is 1.35. The Balaban J connectivity index is 1.66. The van der Waals surface area contributed by atoms with Gasteiger partial charge >= 0.3 is 11.9 Å². The number of aromatic nitrogens is 2. The summed E-state index contributed by atoms with van der Waals surface area (Å²) in [6, 6.07) is 12.8. The molecule has 0 amide bonds. The zero-order valence-electron chi connectivity index (χ0n) is 15.6. The maximum absolute atomic E-state index is 11.8. The molecule has 0 unspecified atom stereocenters. The fourth-order valence-corrected chi connectivity index (χ4v) is 2.60. The summed E-state index contributed by atoms with van der Waals surface area (Å²) in [6.45, 7) is 1.88. The Morgan fingerprint density at radius 3 is 2.57 bits per heavy atom. The van der Waals surface area contributed by atoms with E-state index in [4.69, 9.17) is 14.2 Å². The Kier molecular flexibility index (Phi) is 6.06. The van der Waals surface area contributed by atoms with Gasteiger partial charge in [-0.15, -0.1) is 0 Å². The molecular formula is C21H20N2O5. The highest BCUT2D eigenvalue weighted by Crippen LogP contribution is 2.19. The average Bonchev–Trinajstić information content (AvgIpc) is 3.13. The van der Waals surface area contributed by atoms with Crippen LogP contribution in [0.5, 0.6) is 5.75 Å². The predicted octanol–water partition coefficient (Wildman–Crippen LogP) is 3.46. The van der Waals surface area contributed by atoms with E-state index in [1.54, 1.807) is 12.1 Å². The summed E-state index contributed by atoms with van der Waals surface area (Å²) in [5, 5.41) is 0. The Labute approximate surface area is 161 Å². The zero-order valence-corrected chi connectivity index (χ0v) is 15.6. The van der Waals surface area contributed by atoms with Crippen molar-refractivity contribution in [2.24, 2.45) is 0 Å². The first-order valence-corrected chi connectivity index (χ1v) is 8.68. The van der Waals surface area contributed by atoms with Crippen molar-refractivity contribution < 1.29 is 23.8 Å². The highest BCUT2D eigenvalue weighted by atomic mass is 16.6. The number of methoxy groups -OCH3 is 1. The van der Waals surface area contributed by atoms with Gasteiger partial charge in [-0.25, -0.2) is 9.78 Å². The fourth-order valence-electron chi connectivity index (χ4n) is 2.60. The number of nitrogens with one attached hydrogen (secondary N) is 1. The van der Waals surface area contributed by atoms with Crippen molar-refractivity contribution in [3.8, 4) is 5.75 Å². The molecule has 0 saturated carbocycles. The van der Waals surface area contributed by atoms with Crippen LogP contribution in [-0.2, 0) is 14.3 Å². The molecule has 0 saturated heterocycles. The topological polar surface area (TPSA) is 90.5 Å². The lowest BCUT2D eigenvalue weighted by Crippen LogP contribution is -2.09. The molecule has 7 nitrogen and oxygen atoms in total. The summed E-state index contributed by atoms with van der Waals surface area (Å²) in [5.41, 5.74) is 2.72. The van der Waals surface area contributed by atoms with E-state index in [0.29, 0.717) is 29.3 Å². The van der Waals surface area contributed by atoms with Gasteiger partial charge in [-0.1, -0.05) is 24.3 Å². The van der Waals surface area contributed by atoms with E-state index in [0.717, 1.165) is 11.1 Å². The van der Waals surface area contributed by atoms with Gasteiger partial charge in [0, 0.05) is 6.92 Å². The number of ether oxygens (including phenoxy) is 3. The van der Waals surface area contributed by atoms with Gasteiger partial charge in [-0.05, 0) is 35.9 Å². The third kappa shape index (κ3) is 4.76. The highest BCUT2D eigenvalue weighted by Gasteiger charge is 2.12. The number of imidazole rings is 1. The van der Waals surface area contributed by atoms with Crippen LogP contribution in [0.4, 0.5) is 0 Å². The summed E-state index contributed by atoms with van der Waals surface area (Å²) in [4.78, 5) is 30.2. The van der Waals surface area contributed by atoms with Crippen molar-refractivity contribution >= 4 is 35.1 Å². The Morgan fingerprint density at radius 1 is 1.07 bits per heavy atom. The first-order chi connectivity index (χ1) is 13.6. The molecule has 1 N–H and O–H groups in total. The third-order valence-electron chi connectivity index (χ3n) is 3.91. The zero-order chi connectivity index (χ0) is 19.9. The van der Waals surface area contributed by atoms with Crippen LogP contribution in [0.25, 0.3) is 23.2 Å². The van der Waals surface area contributed by atoms with Gasteiger partial charge < -0.3 is 19.2 Å². The number of esters is 2. The van der Waals surface area contributed by atoms with Crippen molar-refractivity contribution in [1.29, 1.82) is 0 Å². The van der Waals surface area contributed by atoms with E-state index < -0.39 is 5.97 Å². The van der Waals surface area contributed by atoms with E-state index >= 15 is 0 Å². The van der Waals surface area contributed by atoms with Crippen molar-refractivity contribution in [2.45, 2.75) is 6.92 Å². The Bertz CT molecular complexity index is 1010. The maximum Gasteiger partial charge on any atom is 0.340 e. The lowest BCUT2D eigenvalue weighted by Gasteiger charge is -2.06. The summed E-state index contributed by atoms with van der Waals surface area (Å²) in [6.07, 6.45) is 3.73. The van der Waals surface area contributed by atoms with Crippen molar-refractivity contribution in [2.75, 3.05) is 20.3 Å². The molecule has 3 aromatic rings. The molecule has 0 bridgehead atoms. The molecular weight excluding hydrogens is 360 g/mol. The van der Waals surface area contributed by atoms with Gasteiger partial charge in [-0.3, -0.25) is 4.79 Å². The number of rotatable bonds is 7. The molecule has 1 heterocycles. The van der Waals surface area contributed by atoms with Gasteiger partial charge in [0.15, 0.2) is 0 Å². The number of nitrogens with zero attached hydrogens (tertiary/aromatic N) is 1. The van der Waals surface area contributed by atoms with E-state index in [1.807, 2.05) is 42.5 Å². The van der Waals surface area contributed by atoms with Crippen molar-refractivity contribution in [3.63, 3.8) is 0 Å². The third-order valence-corrected chi connectivity index (χ3v) is 3.91. The van der Waals surface area contributed by atoms with Gasteiger partial charge in [-0.2, -0.15) is 0 Å². The molecule has 0 atom stereocenters. The Morgan fingerprint density at radius 2 is 1.86 bits per heavy atom. The number of fused-ring (bicyclic) bond motifs is 1. The quantitative estimate of drug-likeness (QED) is 0.499. The number of carbonyl (C=O) groups is 2. The minimum atomic E-state index is -0.420. The molecule has 0 fully saturated rings. The van der Waals surface area contributed by atoms with E-state index in [1.165, 1.54) is 14.0 Å². The molecule has 0 radical (unpaired) electrons. The molecule has 0 aliphatic rings. The number of benzene rings is 2. The largest absolute Gasteiger partial charge is 0.490 e. The highest BCUT2D eigenvalue weighted by molar-refractivity contribution is 6.02. The van der Waals surface area contributed by atoms with Crippen molar-refractivity contribution in [1.82, 2.24) is 9.97 Å². The molecule has 0 aliphatic carbocycles. The molecule has 0 aliphatic heterocycles. The normalized spacial score (nSPS) is 10.9. The standard InChI is InChI=1S/C21H20N2O5/c1-14(24)27-12-13-28-16-9-6-15(7-10-16)8-11-19-22-18-5-3-4-17(20(18)23-19)21(25)26-2/h3-11H,12-13H2,1-2H3,(H,22,23)/b11-8+. The smallest absolute Gasteiger partial charge is 0.340 e. The first-order valence-electron chi connectivity index (χ1n) is 8.68. The minimum absolute atomic E-state index is 0.219. The average molecular weight is 380 g/mol. The van der Waals surface area contributed by atoms with Crippen LogP contribution >= 0.6 is 0 Å². The molecule has 7 heteroatoms. The molecule has 3 rings (SSSR count). The molecule has 0 spiro atoms. The van der Waals surface area contributed by atoms with Crippen LogP contribution in [-0.4, -0.2) is 42.2 Å². The van der Waals surface area contributed by atoms with Crippen LogP contribution < -0.4 is 4.74 Å². The van der Waals surface area contributed by atoms with Crippen LogP contribution in [0, 0.1) is 0 Å². The van der Waals surface area contributed by atoms with E-state index in [-0.39, 0.29) is 12.6 Å². The molecule has 28 heavy (non-hydrogen) atoms. The number of carbonyl (C=O) groups excluding carboxylic acids is 2. The van der Waals surface area contributed by atoms with Crippen LogP contribution in [0.3, 0.4) is 0 Å². The minimum Gasteiger partial charge on any atom is -0.490 e. The summed E-state index contributed by atoms with van der Waals surface area (Å²) < 4.78 is 15.1. The van der Waals surface area contributed by atoms with Crippen LogP contribution in [0.1, 0.15) is 28.7 Å². The molecule has 144 valence electrons. The van der Waals surface area contributed by atoms with Gasteiger partial charge in [0.1, 0.15) is 30.3 Å². The summed E-state index contributed by atoms with van der Waals surface area (Å²) in [5.74, 6) is 0.578. The first kappa shape index (κ1) is 19.2. The predicted molar refractivity (Wildman–Crippen MR) is 105 cm³/mol. The molecule has 1 aromatic heterocycles. The lowest BCUT2D eigenvalue weighted by molar-refractivity contribution is -0.141. The number of hydrogen-bond donors (Lipinski definition) is 1. The SMILES string of the molecule is COC(=O)c1cccc2[nH]c(/C=C/c3ccc(OCCOC(C)=O)cc3)nc12. The second-order valence-corrected chi connectivity index (χ2v) is 5.91. The number of hydrogen-bond acceptors (Lipinski definition) is 6. The monoisotopic (exact) mass is 380 g/mol. The Hall–Kier alpha value is -3.61. The molecule has 2 aromatic carbocycles. The van der Waals surface area contributed by atoms with Gasteiger partial charge in [0.25, 0.3) is 0 Å². The van der Waals surface area contributed by atoms with Crippen LogP contribution in [0.15, 0.2) is 42.5 Å². The maximum atomic E-state index is 11.8. The number of para-hydroxylation sites is 1. The van der Waals surface area contributed by atoms with E-state index in [9.17, 15) is 9.59 Å². The fraction of sp³-hybridized carbons (Fsp3) is 0.190. The summed E-state index contributed by atoms with van der Waals surface area (Å²) >= 11 is 0. The lowest BCUT2D eigenvalue weighted by atomic mass is 10.2. The van der Waals surface area contributed by atoms with Gasteiger partial charge in [0.05, 0.1) is 18.2 Å². The number of aromatic amines is 1. The van der Waals surface area contributed by atoms with Gasteiger partial charge in [0.2, 0.25) is 0 Å². The second kappa shape index (κ2) is 8.85. The van der Waals surface area contributed by atoms with E-state index in [2.05, 4.69) is 9.97 Å². The second-order valence-electron chi connectivity index (χ2n) is 5.91. The van der Waals surface area contributed by atoms with Crippen molar-refractivity contribution in [3.05, 3.63) is 59.4 Å².